The molecule has 1 aromatic carbocycles. The molecule has 0 aromatic heterocycles. The smallest absolute Gasteiger partial charge is 0.243 e. The molecule has 116 valence electrons. The van der Waals surface area contributed by atoms with Crippen molar-refractivity contribution >= 4 is 10.0 Å². The summed E-state index contributed by atoms with van der Waals surface area (Å²) in [5.74, 6) is 0. The lowest BCUT2D eigenvalue weighted by Gasteiger charge is -2.19. The van der Waals surface area contributed by atoms with Crippen LogP contribution in [0.5, 0.6) is 0 Å². The standard InChI is InChI=1S/C16H24N2O2S/c1-11-8-12(2)16(9-13(11)10-17-14-4-5-14)21(19,20)18(3)15-6-7-15/h8-9,14-15,17H,4-7,10H2,1-3H3. The van der Waals surface area contributed by atoms with Crippen molar-refractivity contribution in [1.82, 2.24) is 9.62 Å². The molecule has 2 aliphatic carbocycles. The van der Waals surface area contributed by atoms with Crippen molar-refractivity contribution in [3.8, 4) is 0 Å². The molecule has 0 heterocycles. The van der Waals surface area contributed by atoms with Gasteiger partial charge in [-0.1, -0.05) is 6.07 Å². The quantitative estimate of drug-likeness (QED) is 0.877. The van der Waals surface area contributed by atoms with Crippen molar-refractivity contribution in [3.63, 3.8) is 0 Å². The monoisotopic (exact) mass is 308 g/mol. The van der Waals surface area contributed by atoms with Crippen molar-refractivity contribution in [2.75, 3.05) is 7.05 Å². The number of sulfonamides is 1. The molecule has 0 saturated heterocycles. The Kier molecular flexibility index (Phi) is 3.84. The molecular formula is C16H24N2O2S. The third-order valence-electron chi connectivity index (χ3n) is 4.51. The number of hydrogen-bond donors (Lipinski definition) is 1. The zero-order chi connectivity index (χ0) is 15.2. The molecule has 2 fully saturated rings. The number of hydrogen-bond acceptors (Lipinski definition) is 3. The van der Waals surface area contributed by atoms with Crippen LogP contribution in [0.15, 0.2) is 17.0 Å². The molecule has 5 heteroatoms. The Morgan fingerprint density at radius 3 is 2.38 bits per heavy atom. The van der Waals surface area contributed by atoms with E-state index < -0.39 is 10.0 Å². The lowest BCUT2D eigenvalue weighted by atomic mass is 10.1. The van der Waals surface area contributed by atoms with Crippen LogP contribution >= 0.6 is 0 Å². The van der Waals surface area contributed by atoms with Crippen LogP contribution in [0, 0.1) is 13.8 Å². The average Bonchev–Trinajstić information content (AvgIpc) is 3.28. The van der Waals surface area contributed by atoms with Gasteiger partial charge in [0.1, 0.15) is 0 Å². The second-order valence-corrected chi connectivity index (χ2v) is 8.42. The topological polar surface area (TPSA) is 49.4 Å². The van der Waals surface area contributed by atoms with Crippen LogP contribution < -0.4 is 5.32 Å². The summed E-state index contributed by atoms with van der Waals surface area (Å²) in [5.41, 5.74) is 3.10. The number of rotatable bonds is 6. The zero-order valence-corrected chi connectivity index (χ0v) is 13.8. The van der Waals surface area contributed by atoms with E-state index in [2.05, 4.69) is 12.2 Å². The lowest BCUT2D eigenvalue weighted by molar-refractivity contribution is 0.463. The molecule has 1 aromatic rings. The fourth-order valence-electron chi connectivity index (χ4n) is 2.67. The lowest BCUT2D eigenvalue weighted by Crippen LogP contribution is -2.29. The highest BCUT2D eigenvalue weighted by atomic mass is 32.2. The Morgan fingerprint density at radius 1 is 1.14 bits per heavy atom. The maximum absolute atomic E-state index is 12.8. The highest BCUT2D eigenvalue weighted by molar-refractivity contribution is 7.89. The van der Waals surface area contributed by atoms with Crippen LogP contribution in [0.2, 0.25) is 0 Å². The summed E-state index contributed by atoms with van der Waals surface area (Å²) < 4.78 is 27.1. The molecule has 0 spiro atoms. The van der Waals surface area contributed by atoms with Gasteiger partial charge in [-0.2, -0.15) is 4.31 Å². The fourth-order valence-corrected chi connectivity index (χ4v) is 4.34. The van der Waals surface area contributed by atoms with Crippen molar-refractivity contribution < 1.29 is 8.42 Å². The first kappa shape index (κ1) is 15.0. The van der Waals surface area contributed by atoms with Gasteiger partial charge in [0.25, 0.3) is 0 Å². The summed E-state index contributed by atoms with van der Waals surface area (Å²) in [5, 5.41) is 3.47. The van der Waals surface area contributed by atoms with E-state index in [4.69, 9.17) is 0 Å². The molecule has 3 rings (SSSR count). The Labute approximate surface area is 127 Å². The molecule has 0 radical (unpaired) electrons. The number of nitrogens with zero attached hydrogens (tertiary/aromatic N) is 1. The van der Waals surface area contributed by atoms with Crippen LogP contribution in [0.25, 0.3) is 0 Å². The molecule has 2 saturated carbocycles. The largest absolute Gasteiger partial charge is 0.310 e. The SMILES string of the molecule is Cc1cc(C)c(S(=O)(=O)N(C)C2CC2)cc1CNC1CC1. The van der Waals surface area contributed by atoms with Crippen LogP contribution in [0.1, 0.15) is 42.4 Å². The Balaban J connectivity index is 1.90. The highest BCUT2D eigenvalue weighted by Gasteiger charge is 2.36. The van der Waals surface area contributed by atoms with Gasteiger partial charge in [0.2, 0.25) is 10.0 Å². The maximum Gasteiger partial charge on any atom is 0.243 e. The molecule has 0 amide bonds. The Bertz CT molecular complexity index is 646. The summed E-state index contributed by atoms with van der Waals surface area (Å²) >= 11 is 0. The molecule has 21 heavy (non-hydrogen) atoms. The highest BCUT2D eigenvalue weighted by Crippen LogP contribution is 2.32. The van der Waals surface area contributed by atoms with Crippen molar-refractivity contribution in [2.24, 2.45) is 0 Å². The average molecular weight is 308 g/mol. The third kappa shape index (κ3) is 3.15. The predicted octanol–water partition coefficient (Wildman–Crippen LogP) is 2.34. The van der Waals surface area contributed by atoms with Crippen molar-refractivity contribution in [3.05, 3.63) is 28.8 Å². The van der Waals surface area contributed by atoms with Gasteiger partial charge in [0.15, 0.2) is 0 Å². The van der Waals surface area contributed by atoms with E-state index in [-0.39, 0.29) is 6.04 Å². The molecule has 0 atom stereocenters. The van der Waals surface area contributed by atoms with Crippen molar-refractivity contribution in [2.45, 2.75) is 63.1 Å². The molecular weight excluding hydrogens is 284 g/mol. The summed E-state index contributed by atoms with van der Waals surface area (Å²) in [6, 6.07) is 4.69. The summed E-state index contributed by atoms with van der Waals surface area (Å²) in [7, 11) is -1.66. The van der Waals surface area contributed by atoms with E-state index in [9.17, 15) is 8.42 Å². The maximum atomic E-state index is 12.8. The van der Waals surface area contributed by atoms with Gasteiger partial charge in [0.05, 0.1) is 4.90 Å². The van der Waals surface area contributed by atoms with Gasteiger partial charge in [-0.25, -0.2) is 8.42 Å². The van der Waals surface area contributed by atoms with Crippen LogP contribution in [0.3, 0.4) is 0 Å². The van der Waals surface area contributed by atoms with Gasteiger partial charge in [-0.15, -0.1) is 0 Å². The number of benzene rings is 1. The minimum Gasteiger partial charge on any atom is -0.310 e. The second kappa shape index (κ2) is 5.38. The van der Waals surface area contributed by atoms with Gasteiger partial charge >= 0.3 is 0 Å². The number of nitrogens with one attached hydrogen (secondary N) is 1. The second-order valence-electron chi connectivity index (χ2n) is 6.45. The molecule has 1 N–H and O–H groups in total. The van der Waals surface area contributed by atoms with E-state index in [0.717, 1.165) is 36.1 Å². The van der Waals surface area contributed by atoms with E-state index in [1.807, 2.05) is 19.1 Å². The summed E-state index contributed by atoms with van der Waals surface area (Å²) in [6.45, 7) is 4.70. The van der Waals surface area contributed by atoms with Crippen molar-refractivity contribution in [1.29, 1.82) is 0 Å². The van der Waals surface area contributed by atoms with E-state index in [0.29, 0.717) is 10.9 Å². The Morgan fingerprint density at radius 2 is 1.81 bits per heavy atom. The van der Waals surface area contributed by atoms with E-state index in [1.54, 1.807) is 11.4 Å². The first-order valence-electron chi connectivity index (χ1n) is 7.71. The van der Waals surface area contributed by atoms with Crippen LogP contribution in [-0.4, -0.2) is 31.9 Å². The molecule has 0 unspecified atom stereocenters. The van der Waals surface area contributed by atoms with Crippen LogP contribution in [-0.2, 0) is 16.6 Å². The minimum absolute atomic E-state index is 0.198. The zero-order valence-electron chi connectivity index (χ0n) is 13.0. The summed E-state index contributed by atoms with van der Waals surface area (Å²) in [4.78, 5) is 0.468. The third-order valence-corrected chi connectivity index (χ3v) is 6.56. The molecule has 2 aliphatic rings. The molecule has 0 aliphatic heterocycles. The van der Waals surface area contributed by atoms with Gasteiger partial charge < -0.3 is 5.32 Å². The number of aryl methyl sites for hydroxylation is 2. The minimum atomic E-state index is -3.36. The molecule has 4 nitrogen and oxygen atoms in total. The predicted molar refractivity (Wildman–Crippen MR) is 83.7 cm³/mol. The van der Waals surface area contributed by atoms with Crippen LogP contribution in [0.4, 0.5) is 0 Å². The normalized spacial score (nSPS) is 19.2. The summed E-state index contributed by atoms with van der Waals surface area (Å²) in [6.07, 6.45) is 4.44. The van der Waals surface area contributed by atoms with Gasteiger partial charge in [-0.05, 0) is 62.3 Å². The Hall–Kier alpha value is -0.910. The first-order chi connectivity index (χ1) is 9.89. The van der Waals surface area contributed by atoms with E-state index in [1.165, 1.54) is 12.8 Å². The van der Waals surface area contributed by atoms with E-state index >= 15 is 0 Å². The first-order valence-corrected chi connectivity index (χ1v) is 9.15. The molecule has 0 bridgehead atoms. The fraction of sp³-hybridized carbons (Fsp3) is 0.625. The van der Waals surface area contributed by atoms with Gasteiger partial charge in [-0.3, -0.25) is 0 Å². The van der Waals surface area contributed by atoms with Gasteiger partial charge in [0, 0.05) is 25.7 Å².